The van der Waals surface area contributed by atoms with E-state index in [0.29, 0.717) is 5.56 Å². The highest BCUT2D eigenvalue weighted by atomic mass is 16.6. The van der Waals surface area contributed by atoms with Gasteiger partial charge in [-0.15, -0.1) is 0 Å². The predicted molar refractivity (Wildman–Crippen MR) is 164 cm³/mol. The standard InChI is InChI=1S/C32H38N6O9/c1-18(2)25(37-30(43)47-31(4,5)6)29(42)45-26-22(15-44-24(40)14-20-10-8-7-9-11-20)46-32(16-33,27(26)41)23-13-12-21-28(36-19(3)39)34-17-35-38(21)23/h7-13,17-18,22,25-27,41H,14-15H2,1-6H3,(H,37,43)(H,34,35,36,39)/t22-,25+,26-,27-,32+/m1/s1. The first kappa shape index (κ1) is 34.8. The van der Waals surface area contributed by atoms with Gasteiger partial charge in [-0.25, -0.2) is 19.1 Å². The van der Waals surface area contributed by atoms with Crippen molar-refractivity contribution in [2.75, 3.05) is 11.9 Å². The number of carbonyl (C=O) groups is 4. The second-order valence-electron chi connectivity index (χ2n) is 12.4. The molecule has 0 aliphatic carbocycles. The van der Waals surface area contributed by atoms with E-state index in [2.05, 4.69) is 20.7 Å². The monoisotopic (exact) mass is 650 g/mol. The summed E-state index contributed by atoms with van der Waals surface area (Å²) in [5.74, 6) is -2.30. The van der Waals surface area contributed by atoms with Crippen LogP contribution in [0.1, 0.15) is 52.8 Å². The van der Waals surface area contributed by atoms with Gasteiger partial charge in [0.1, 0.15) is 48.4 Å². The summed E-state index contributed by atoms with van der Waals surface area (Å²) in [5.41, 5.74) is -2.02. The van der Waals surface area contributed by atoms with Gasteiger partial charge in [0.25, 0.3) is 0 Å². The molecule has 5 atom stereocenters. The number of nitrogens with zero attached hydrogens (tertiary/aromatic N) is 4. The molecule has 4 rings (SSSR count). The quantitative estimate of drug-likeness (QED) is 0.214. The first-order valence-corrected chi connectivity index (χ1v) is 14.9. The number of alkyl carbamates (subject to hydrolysis) is 1. The highest BCUT2D eigenvalue weighted by Crippen LogP contribution is 2.42. The molecule has 3 N–H and O–H groups in total. The van der Waals surface area contributed by atoms with E-state index in [1.807, 2.05) is 6.07 Å². The third kappa shape index (κ3) is 8.02. The van der Waals surface area contributed by atoms with Gasteiger partial charge in [0.15, 0.2) is 11.9 Å². The molecule has 1 fully saturated rings. The number of aliphatic hydroxyl groups excluding tert-OH is 1. The Hall–Kier alpha value is -5.07. The predicted octanol–water partition coefficient (Wildman–Crippen LogP) is 2.41. The summed E-state index contributed by atoms with van der Waals surface area (Å²) in [4.78, 5) is 54.6. The van der Waals surface area contributed by atoms with Crippen LogP contribution in [0.25, 0.3) is 5.52 Å². The van der Waals surface area contributed by atoms with Crippen LogP contribution < -0.4 is 10.6 Å². The van der Waals surface area contributed by atoms with Crippen molar-refractivity contribution < 1.29 is 43.2 Å². The van der Waals surface area contributed by atoms with Crippen LogP contribution in [-0.4, -0.2) is 80.2 Å². The molecule has 15 heteroatoms. The number of fused-ring (bicyclic) bond motifs is 1. The minimum absolute atomic E-state index is 0.0305. The summed E-state index contributed by atoms with van der Waals surface area (Å²) < 4.78 is 23.9. The first-order chi connectivity index (χ1) is 22.1. The van der Waals surface area contributed by atoms with Gasteiger partial charge in [-0.3, -0.25) is 9.59 Å². The second kappa shape index (κ2) is 14.1. The molecule has 0 unspecified atom stereocenters. The van der Waals surface area contributed by atoms with E-state index in [1.165, 1.54) is 23.6 Å². The Balaban J connectivity index is 1.66. The number of nitriles is 1. The lowest BCUT2D eigenvalue weighted by atomic mass is 9.92. The van der Waals surface area contributed by atoms with Gasteiger partial charge in [0.05, 0.1) is 12.1 Å². The van der Waals surface area contributed by atoms with Gasteiger partial charge in [0, 0.05) is 6.92 Å². The Morgan fingerprint density at radius 1 is 1.15 bits per heavy atom. The van der Waals surface area contributed by atoms with Crippen molar-refractivity contribution in [1.82, 2.24) is 19.9 Å². The molecule has 1 aromatic carbocycles. The van der Waals surface area contributed by atoms with Crippen molar-refractivity contribution in [2.45, 2.75) is 83.5 Å². The van der Waals surface area contributed by atoms with E-state index < -0.39 is 72.0 Å². The fraction of sp³-hybridized carbons (Fsp3) is 0.469. The number of esters is 2. The lowest BCUT2D eigenvalue weighted by Gasteiger charge is -2.28. The van der Waals surface area contributed by atoms with E-state index in [4.69, 9.17) is 18.9 Å². The number of amides is 2. The molecule has 0 saturated carbocycles. The molecule has 250 valence electrons. The van der Waals surface area contributed by atoms with Gasteiger partial charge in [-0.05, 0) is 44.4 Å². The van der Waals surface area contributed by atoms with Gasteiger partial charge in [-0.1, -0.05) is 44.2 Å². The lowest BCUT2D eigenvalue weighted by molar-refractivity contribution is -0.163. The molecule has 0 radical (unpaired) electrons. The van der Waals surface area contributed by atoms with Crippen molar-refractivity contribution in [3.8, 4) is 6.07 Å². The topological polar surface area (TPSA) is 203 Å². The summed E-state index contributed by atoms with van der Waals surface area (Å²) in [5, 5.41) is 31.5. The van der Waals surface area contributed by atoms with Gasteiger partial charge in [0.2, 0.25) is 11.5 Å². The molecule has 2 aromatic heterocycles. The van der Waals surface area contributed by atoms with Crippen LogP contribution in [0.5, 0.6) is 0 Å². The molecule has 2 amide bonds. The molecule has 0 bridgehead atoms. The lowest BCUT2D eigenvalue weighted by Crippen LogP contribution is -2.50. The zero-order valence-electron chi connectivity index (χ0n) is 26.9. The summed E-state index contributed by atoms with van der Waals surface area (Å²) in [7, 11) is 0. The van der Waals surface area contributed by atoms with Gasteiger partial charge in [-0.2, -0.15) is 10.4 Å². The minimum atomic E-state index is -2.19. The second-order valence-corrected chi connectivity index (χ2v) is 12.4. The van der Waals surface area contributed by atoms with Crippen LogP contribution in [-0.2, 0) is 45.4 Å². The van der Waals surface area contributed by atoms with Crippen LogP contribution >= 0.6 is 0 Å². The van der Waals surface area contributed by atoms with Crippen LogP contribution in [0.2, 0.25) is 0 Å². The average Bonchev–Trinajstić information content (AvgIpc) is 3.54. The number of hydrogen-bond donors (Lipinski definition) is 3. The minimum Gasteiger partial charge on any atom is -0.463 e. The highest BCUT2D eigenvalue weighted by molar-refractivity contribution is 5.92. The summed E-state index contributed by atoms with van der Waals surface area (Å²) in [6.45, 7) is 9.16. The molecular formula is C32H38N6O9. The van der Waals surface area contributed by atoms with Crippen molar-refractivity contribution in [3.05, 3.63) is 60.0 Å². The Morgan fingerprint density at radius 2 is 1.85 bits per heavy atom. The van der Waals surface area contributed by atoms with Crippen LogP contribution in [0, 0.1) is 17.2 Å². The number of carbonyl (C=O) groups excluding carboxylic acids is 4. The van der Waals surface area contributed by atoms with E-state index in [1.54, 1.807) is 65.0 Å². The van der Waals surface area contributed by atoms with Gasteiger partial charge < -0.3 is 34.7 Å². The fourth-order valence-electron chi connectivity index (χ4n) is 5.05. The van der Waals surface area contributed by atoms with E-state index in [0.717, 1.165) is 6.33 Å². The Labute approximate surface area is 271 Å². The molecular weight excluding hydrogens is 612 g/mol. The largest absolute Gasteiger partial charge is 0.463 e. The number of nitrogens with one attached hydrogen (secondary N) is 2. The normalized spacial score (nSPS) is 21.5. The van der Waals surface area contributed by atoms with E-state index in [-0.39, 0.29) is 23.4 Å². The third-order valence-electron chi connectivity index (χ3n) is 7.17. The SMILES string of the molecule is CC(=O)Nc1ncnn2c([C@]3(C#N)O[C@H](COC(=O)Cc4ccccc4)[C@@H](OC(=O)[C@@H](NC(=O)OC(C)(C)C)C(C)C)[C@H]3O)ccc12. The van der Waals surface area contributed by atoms with E-state index >= 15 is 0 Å². The van der Waals surface area contributed by atoms with Crippen LogP contribution in [0.15, 0.2) is 48.8 Å². The Morgan fingerprint density at radius 3 is 2.47 bits per heavy atom. The van der Waals surface area contributed by atoms with Crippen LogP contribution in [0.3, 0.4) is 0 Å². The maximum absolute atomic E-state index is 13.5. The first-order valence-electron chi connectivity index (χ1n) is 14.9. The molecule has 1 aliphatic heterocycles. The number of aromatic nitrogens is 3. The molecule has 1 aliphatic rings. The number of rotatable bonds is 10. The van der Waals surface area contributed by atoms with Crippen LogP contribution in [0.4, 0.5) is 10.6 Å². The number of ether oxygens (including phenoxy) is 4. The Kier molecular flexibility index (Phi) is 10.5. The zero-order chi connectivity index (χ0) is 34.5. The average molecular weight is 651 g/mol. The molecule has 0 spiro atoms. The highest BCUT2D eigenvalue weighted by Gasteiger charge is 2.60. The van der Waals surface area contributed by atoms with Gasteiger partial charge >= 0.3 is 18.0 Å². The smallest absolute Gasteiger partial charge is 0.408 e. The molecule has 15 nitrogen and oxygen atoms in total. The fourth-order valence-corrected chi connectivity index (χ4v) is 5.05. The third-order valence-corrected chi connectivity index (χ3v) is 7.17. The maximum Gasteiger partial charge on any atom is 0.408 e. The van der Waals surface area contributed by atoms with E-state index in [9.17, 15) is 29.5 Å². The summed E-state index contributed by atoms with van der Waals surface area (Å²) in [6, 6.07) is 12.6. The molecule has 47 heavy (non-hydrogen) atoms. The molecule has 1 saturated heterocycles. The maximum atomic E-state index is 13.5. The number of hydrogen-bond acceptors (Lipinski definition) is 12. The van der Waals surface area contributed by atoms with Crippen molar-refractivity contribution >= 4 is 35.3 Å². The summed E-state index contributed by atoms with van der Waals surface area (Å²) >= 11 is 0. The van der Waals surface area contributed by atoms with Crippen molar-refractivity contribution in [2.24, 2.45) is 5.92 Å². The molecule has 3 aromatic rings. The number of benzene rings is 1. The number of anilines is 1. The zero-order valence-corrected chi connectivity index (χ0v) is 26.9. The van der Waals surface area contributed by atoms with Crippen molar-refractivity contribution in [1.29, 1.82) is 5.26 Å². The number of aliphatic hydroxyl groups is 1. The summed E-state index contributed by atoms with van der Waals surface area (Å²) in [6.07, 6.45) is -4.49. The van der Waals surface area contributed by atoms with Crippen molar-refractivity contribution in [3.63, 3.8) is 0 Å². The Bertz CT molecular complexity index is 1660. The molecule has 3 heterocycles.